The van der Waals surface area contributed by atoms with Crippen molar-refractivity contribution in [2.75, 3.05) is 0 Å². The normalized spacial score (nSPS) is 26.1. The molecule has 1 aromatic carbocycles. The number of carbonyl (C=O) groups excluding carboxylic acids is 1. The van der Waals surface area contributed by atoms with Gasteiger partial charge in [-0.3, -0.25) is 0 Å². The minimum atomic E-state index is -0.123. The van der Waals surface area contributed by atoms with Gasteiger partial charge in [0.2, 0.25) is 0 Å². The molecule has 180 valence electrons. The van der Waals surface area contributed by atoms with Crippen LogP contribution in [0.2, 0.25) is 0 Å². The van der Waals surface area contributed by atoms with Crippen LogP contribution in [0.1, 0.15) is 145 Å². The molecule has 0 unspecified atom stereocenters. The van der Waals surface area contributed by atoms with Gasteiger partial charge in [-0.1, -0.05) is 83.8 Å². The Morgan fingerprint density at radius 2 is 1.25 bits per heavy atom. The predicted octanol–water partition coefficient (Wildman–Crippen LogP) is 9.23. The van der Waals surface area contributed by atoms with E-state index in [1.807, 2.05) is 12.1 Å². The van der Waals surface area contributed by atoms with E-state index >= 15 is 0 Å². The van der Waals surface area contributed by atoms with Crippen LogP contribution in [0.25, 0.3) is 0 Å². The van der Waals surface area contributed by atoms with E-state index in [9.17, 15) is 4.79 Å². The molecular weight excluding hydrogens is 392 g/mol. The van der Waals surface area contributed by atoms with Crippen molar-refractivity contribution in [3.63, 3.8) is 0 Å². The lowest BCUT2D eigenvalue weighted by molar-refractivity contribution is 0.0161. The number of unbranched alkanes of at least 4 members (excludes halogenated alkanes) is 5. The first kappa shape index (κ1) is 25.3. The number of esters is 1. The van der Waals surface area contributed by atoms with Gasteiger partial charge in [-0.2, -0.15) is 0 Å². The molecule has 0 heterocycles. The number of carbonyl (C=O) groups is 1. The van der Waals surface area contributed by atoms with Gasteiger partial charge in [0.1, 0.15) is 6.10 Å². The van der Waals surface area contributed by atoms with Crippen LogP contribution in [0.4, 0.5) is 0 Å². The molecule has 3 rings (SSSR count). The van der Waals surface area contributed by atoms with Crippen molar-refractivity contribution in [3.8, 4) is 0 Å². The molecule has 1 aromatic rings. The van der Waals surface area contributed by atoms with Gasteiger partial charge < -0.3 is 4.74 Å². The predicted molar refractivity (Wildman–Crippen MR) is 135 cm³/mol. The van der Waals surface area contributed by atoms with Crippen LogP contribution in [-0.2, 0) is 4.74 Å². The first-order valence-electron chi connectivity index (χ1n) is 14.0. The van der Waals surface area contributed by atoms with Gasteiger partial charge in [-0.05, 0) is 86.8 Å². The Morgan fingerprint density at radius 1 is 0.719 bits per heavy atom. The van der Waals surface area contributed by atoms with Gasteiger partial charge in [-0.15, -0.1) is 0 Å². The van der Waals surface area contributed by atoms with Crippen LogP contribution < -0.4 is 0 Å². The molecule has 0 bridgehead atoms. The topological polar surface area (TPSA) is 26.3 Å². The standard InChI is InChI=1S/C30H48O2/c1-3-5-7-9-11-24-12-16-26(17-13-24)27-18-20-28(21-19-27)30(31)32-29-22-14-25(15-23-29)10-8-6-4-2/h18-21,24-26,29H,3-17,22-23H2,1-2H3. The average Bonchev–Trinajstić information content (AvgIpc) is 2.84. The summed E-state index contributed by atoms with van der Waals surface area (Å²) in [6, 6.07) is 8.39. The second-order valence-electron chi connectivity index (χ2n) is 10.7. The number of rotatable bonds is 12. The lowest BCUT2D eigenvalue weighted by atomic mass is 9.77. The van der Waals surface area contributed by atoms with Gasteiger partial charge in [0, 0.05) is 0 Å². The van der Waals surface area contributed by atoms with E-state index in [4.69, 9.17) is 4.74 Å². The first-order valence-corrected chi connectivity index (χ1v) is 14.0. The minimum Gasteiger partial charge on any atom is -0.459 e. The van der Waals surface area contributed by atoms with E-state index in [1.54, 1.807) is 0 Å². The maximum atomic E-state index is 12.7. The summed E-state index contributed by atoms with van der Waals surface area (Å²) in [6.07, 6.45) is 22.4. The van der Waals surface area contributed by atoms with Gasteiger partial charge in [0.25, 0.3) is 0 Å². The molecule has 0 atom stereocenters. The summed E-state index contributed by atoms with van der Waals surface area (Å²) in [4.78, 5) is 12.7. The zero-order valence-electron chi connectivity index (χ0n) is 21.0. The van der Waals surface area contributed by atoms with E-state index in [0.717, 1.165) is 30.2 Å². The molecule has 0 N–H and O–H groups in total. The Morgan fingerprint density at radius 3 is 1.84 bits per heavy atom. The molecule has 0 aliphatic heterocycles. The molecule has 2 aliphatic rings. The Balaban J connectivity index is 1.37. The van der Waals surface area contributed by atoms with Crippen molar-refractivity contribution in [1.29, 1.82) is 0 Å². The van der Waals surface area contributed by atoms with Crippen molar-refractivity contribution in [2.24, 2.45) is 11.8 Å². The van der Waals surface area contributed by atoms with E-state index < -0.39 is 0 Å². The first-order chi connectivity index (χ1) is 15.7. The summed E-state index contributed by atoms with van der Waals surface area (Å²) in [5.41, 5.74) is 2.14. The molecule has 0 radical (unpaired) electrons. The van der Waals surface area contributed by atoms with Gasteiger partial charge >= 0.3 is 5.97 Å². The Bertz CT molecular complexity index is 633. The molecule has 0 spiro atoms. The maximum absolute atomic E-state index is 12.7. The summed E-state index contributed by atoms with van der Waals surface area (Å²) in [6.45, 7) is 4.56. The fraction of sp³-hybridized carbons (Fsp3) is 0.767. The summed E-state index contributed by atoms with van der Waals surface area (Å²) in [5.74, 6) is 2.35. The molecule has 0 saturated heterocycles. The smallest absolute Gasteiger partial charge is 0.338 e. The maximum Gasteiger partial charge on any atom is 0.338 e. The summed E-state index contributed by atoms with van der Waals surface area (Å²) in [7, 11) is 0. The largest absolute Gasteiger partial charge is 0.459 e. The highest BCUT2D eigenvalue weighted by Gasteiger charge is 2.25. The van der Waals surface area contributed by atoms with Crippen LogP contribution in [0.15, 0.2) is 24.3 Å². The van der Waals surface area contributed by atoms with E-state index in [-0.39, 0.29) is 12.1 Å². The van der Waals surface area contributed by atoms with E-state index in [1.165, 1.54) is 102 Å². The van der Waals surface area contributed by atoms with Crippen LogP contribution in [0, 0.1) is 11.8 Å². The third kappa shape index (κ3) is 8.23. The molecular formula is C30H48O2. The number of hydrogen-bond acceptors (Lipinski definition) is 2. The Labute approximate surface area is 197 Å². The van der Waals surface area contributed by atoms with Crippen LogP contribution in [0.5, 0.6) is 0 Å². The number of benzene rings is 1. The quantitative estimate of drug-likeness (QED) is 0.239. The van der Waals surface area contributed by atoms with Gasteiger partial charge in [0.05, 0.1) is 5.56 Å². The molecule has 2 nitrogen and oxygen atoms in total. The van der Waals surface area contributed by atoms with Crippen molar-refractivity contribution in [1.82, 2.24) is 0 Å². The third-order valence-corrected chi connectivity index (χ3v) is 8.21. The second kappa shape index (κ2) is 14.1. The zero-order chi connectivity index (χ0) is 22.6. The van der Waals surface area contributed by atoms with Crippen molar-refractivity contribution in [2.45, 2.75) is 135 Å². The second-order valence-corrected chi connectivity index (χ2v) is 10.7. The molecule has 2 heteroatoms. The van der Waals surface area contributed by atoms with Crippen LogP contribution >= 0.6 is 0 Å². The van der Waals surface area contributed by atoms with Crippen molar-refractivity contribution >= 4 is 5.97 Å². The van der Waals surface area contributed by atoms with Crippen LogP contribution in [0.3, 0.4) is 0 Å². The average molecular weight is 441 g/mol. The monoisotopic (exact) mass is 440 g/mol. The summed E-state index contributed by atoms with van der Waals surface area (Å²) < 4.78 is 5.87. The Hall–Kier alpha value is -1.31. The summed E-state index contributed by atoms with van der Waals surface area (Å²) in [5, 5.41) is 0. The van der Waals surface area contributed by atoms with Crippen LogP contribution in [-0.4, -0.2) is 12.1 Å². The number of hydrogen-bond donors (Lipinski definition) is 0. The molecule has 2 saturated carbocycles. The molecule has 0 aromatic heterocycles. The lowest BCUT2D eigenvalue weighted by Crippen LogP contribution is -2.24. The molecule has 32 heavy (non-hydrogen) atoms. The lowest BCUT2D eigenvalue weighted by Gasteiger charge is -2.29. The van der Waals surface area contributed by atoms with Crippen molar-refractivity contribution < 1.29 is 9.53 Å². The fourth-order valence-corrected chi connectivity index (χ4v) is 5.98. The number of ether oxygens (including phenoxy) is 1. The highest BCUT2D eigenvalue weighted by atomic mass is 16.5. The van der Waals surface area contributed by atoms with Gasteiger partial charge in [-0.25, -0.2) is 4.79 Å². The van der Waals surface area contributed by atoms with Gasteiger partial charge in [0.15, 0.2) is 0 Å². The zero-order valence-corrected chi connectivity index (χ0v) is 21.0. The minimum absolute atomic E-state index is 0.122. The molecule has 0 amide bonds. The molecule has 2 aliphatic carbocycles. The SMILES string of the molecule is CCCCCCC1CCC(c2ccc(C(=O)OC3CCC(CCCCC)CC3)cc2)CC1. The fourth-order valence-electron chi connectivity index (χ4n) is 5.98. The van der Waals surface area contributed by atoms with E-state index in [0.29, 0.717) is 5.92 Å². The van der Waals surface area contributed by atoms with Crippen molar-refractivity contribution in [3.05, 3.63) is 35.4 Å². The highest BCUT2D eigenvalue weighted by molar-refractivity contribution is 5.89. The summed E-state index contributed by atoms with van der Waals surface area (Å²) >= 11 is 0. The molecule has 2 fully saturated rings. The van der Waals surface area contributed by atoms with E-state index in [2.05, 4.69) is 26.0 Å². The highest BCUT2D eigenvalue weighted by Crippen LogP contribution is 2.38. The Kier molecular flexibility index (Phi) is 11.1. The third-order valence-electron chi connectivity index (χ3n) is 8.21.